The molecule has 0 fully saturated rings. The van der Waals surface area contributed by atoms with Gasteiger partial charge in [-0.3, -0.25) is 4.68 Å². The number of rotatable bonds is 5. The van der Waals surface area contributed by atoms with Gasteiger partial charge in [0.1, 0.15) is 5.82 Å². The van der Waals surface area contributed by atoms with Crippen molar-refractivity contribution in [3.05, 3.63) is 52.0 Å². The maximum absolute atomic E-state index is 14.2. The lowest BCUT2D eigenvalue weighted by Gasteiger charge is -2.20. The second-order valence-electron chi connectivity index (χ2n) is 4.43. The Morgan fingerprint density at radius 3 is 2.79 bits per heavy atom. The molecule has 0 radical (unpaired) electrons. The van der Waals surface area contributed by atoms with Crippen LogP contribution in [0.3, 0.4) is 0 Å². The standard InChI is InChI=1S/C14H17BrFN3/c1-3-7-17-14(13-6-8-18-19(13)2)11-5-4-10(15)9-12(11)16/h4-6,8-9,14,17H,3,7H2,1-2H3. The van der Waals surface area contributed by atoms with E-state index in [2.05, 4.69) is 33.3 Å². The largest absolute Gasteiger partial charge is 0.305 e. The lowest BCUT2D eigenvalue weighted by molar-refractivity contribution is 0.520. The molecule has 0 aliphatic rings. The normalized spacial score (nSPS) is 12.6. The van der Waals surface area contributed by atoms with Gasteiger partial charge in [-0.1, -0.05) is 28.9 Å². The Hall–Kier alpha value is -1.20. The van der Waals surface area contributed by atoms with Gasteiger partial charge in [-0.25, -0.2) is 4.39 Å². The quantitative estimate of drug-likeness (QED) is 0.912. The van der Waals surface area contributed by atoms with E-state index in [-0.39, 0.29) is 11.9 Å². The summed E-state index contributed by atoms with van der Waals surface area (Å²) in [7, 11) is 1.87. The number of halogens is 2. The molecule has 1 unspecified atom stereocenters. The van der Waals surface area contributed by atoms with Crippen molar-refractivity contribution >= 4 is 15.9 Å². The first-order valence-electron chi connectivity index (χ1n) is 6.29. The molecule has 2 rings (SSSR count). The van der Waals surface area contributed by atoms with Gasteiger partial charge in [0.25, 0.3) is 0 Å². The molecule has 5 heteroatoms. The lowest BCUT2D eigenvalue weighted by atomic mass is 10.0. The van der Waals surface area contributed by atoms with Gasteiger partial charge in [0, 0.05) is 23.3 Å². The fourth-order valence-corrected chi connectivity index (χ4v) is 2.40. The van der Waals surface area contributed by atoms with Crippen LogP contribution in [0, 0.1) is 5.82 Å². The van der Waals surface area contributed by atoms with Crippen LogP contribution >= 0.6 is 15.9 Å². The summed E-state index contributed by atoms with van der Waals surface area (Å²) >= 11 is 3.28. The van der Waals surface area contributed by atoms with Crippen LogP contribution in [-0.4, -0.2) is 16.3 Å². The highest BCUT2D eigenvalue weighted by molar-refractivity contribution is 9.10. The molecule has 1 heterocycles. The molecule has 3 nitrogen and oxygen atoms in total. The van der Waals surface area contributed by atoms with Gasteiger partial charge in [-0.05, 0) is 31.2 Å². The number of benzene rings is 1. The Morgan fingerprint density at radius 1 is 1.42 bits per heavy atom. The first kappa shape index (κ1) is 14.2. The van der Waals surface area contributed by atoms with Crippen LogP contribution in [0.4, 0.5) is 4.39 Å². The van der Waals surface area contributed by atoms with Crippen molar-refractivity contribution in [2.24, 2.45) is 7.05 Å². The average molecular weight is 326 g/mol. The molecule has 0 saturated heterocycles. The van der Waals surface area contributed by atoms with Gasteiger partial charge >= 0.3 is 0 Å². The summed E-state index contributed by atoms with van der Waals surface area (Å²) < 4.78 is 16.7. The number of nitrogens with zero attached hydrogens (tertiary/aromatic N) is 2. The molecule has 19 heavy (non-hydrogen) atoms. The molecule has 2 aromatic rings. The molecule has 0 aliphatic carbocycles. The van der Waals surface area contributed by atoms with E-state index in [1.165, 1.54) is 6.07 Å². The molecule has 0 bridgehead atoms. The van der Waals surface area contributed by atoms with Gasteiger partial charge in [-0.15, -0.1) is 0 Å². The molecule has 1 atom stereocenters. The third-order valence-corrected chi connectivity index (χ3v) is 3.52. The summed E-state index contributed by atoms with van der Waals surface area (Å²) in [6.45, 7) is 2.91. The molecule has 1 aromatic carbocycles. The smallest absolute Gasteiger partial charge is 0.129 e. The van der Waals surface area contributed by atoms with Crippen molar-refractivity contribution in [2.75, 3.05) is 6.54 Å². The van der Waals surface area contributed by atoms with E-state index in [4.69, 9.17) is 0 Å². The van der Waals surface area contributed by atoms with E-state index in [1.807, 2.05) is 19.2 Å². The van der Waals surface area contributed by atoms with Crippen LogP contribution in [0.1, 0.15) is 30.6 Å². The SMILES string of the molecule is CCCNC(c1ccc(Br)cc1F)c1ccnn1C. The predicted octanol–water partition coefficient (Wildman–Crippen LogP) is 3.41. The van der Waals surface area contributed by atoms with Crippen molar-refractivity contribution in [3.63, 3.8) is 0 Å². The number of hydrogen-bond donors (Lipinski definition) is 1. The Morgan fingerprint density at radius 2 is 2.21 bits per heavy atom. The van der Waals surface area contributed by atoms with Crippen molar-refractivity contribution in [1.29, 1.82) is 0 Å². The third kappa shape index (κ3) is 3.22. The number of hydrogen-bond acceptors (Lipinski definition) is 2. The average Bonchev–Trinajstić information content (AvgIpc) is 2.78. The Bertz CT molecular complexity index is 553. The molecule has 0 amide bonds. The second kappa shape index (κ2) is 6.30. The van der Waals surface area contributed by atoms with Gasteiger partial charge in [0.15, 0.2) is 0 Å². The Kier molecular flexibility index (Phi) is 4.71. The molecule has 0 saturated carbocycles. The van der Waals surface area contributed by atoms with Gasteiger partial charge in [0.2, 0.25) is 0 Å². The monoisotopic (exact) mass is 325 g/mol. The summed E-state index contributed by atoms with van der Waals surface area (Å²) in [6, 6.07) is 6.89. The van der Waals surface area contributed by atoms with Crippen LogP contribution in [0.5, 0.6) is 0 Å². The molecular formula is C14H17BrFN3. The molecule has 1 aromatic heterocycles. The van der Waals surface area contributed by atoms with Crippen molar-refractivity contribution in [1.82, 2.24) is 15.1 Å². The van der Waals surface area contributed by atoms with Crippen molar-refractivity contribution in [2.45, 2.75) is 19.4 Å². The first-order chi connectivity index (χ1) is 9.13. The van der Waals surface area contributed by atoms with E-state index in [1.54, 1.807) is 16.9 Å². The van der Waals surface area contributed by atoms with Crippen LogP contribution in [-0.2, 0) is 7.05 Å². The third-order valence-electron chi connectivity index (χ3n) is 3.03. The zero-order chi connectivity index (χ0) is 13.8. The highest BCUT2D eigenvalue weighted by atomic mass is 79.9. The fraction of sp³-hybridized carbons (Fsp3) is 0.357. The van der Waals surface area contributed by atoms with Gasteiger partial charge < -0.3 is 5.32 Å². The zero-order valence-electron chi connectivity index (χ0n) is 11.0. The maximum atomic E-state index is 14.2. The molecule has 102 valence electrons. The fourth-order valence-electron chi connectivity index (χ4n) is 2.07. The maximum Gasteiger partial charge on any atom is 0.129 e. The minimum Gasteiger partial charge on any atom is -0.305 e. The van der Waals surface area contributed by atoms with E-state index in [0.29, 0.717) is 5.56 Å². The van der Waals surface area contributed by atoms with Crippen molar-refractivity contribution < 1.29 is 4.39 Å². The predicted molar refractivity (Wildman–Crippen MR) is 77.4 cm³/mol. The van der Waals surface area contributed by atoms with Crippen LogP contribution in [0.25, 0.3) is 0 Å². The minimum absolute atomic E-state index is 0.180. The summed E-state index contributed by atoms with van der Waals surface area (Å²) in [5.74, 6) is -0.218. The van der Waals surface area contributed by atoms with Crippen LogP contribution < -0.4 is 5.32 Å². The van der Waals surface area contributed by atoms with Crippen molar-refractivity contribution in [3.8, 4) is 0 Å². The summed E-state index contributed by atoms with van der Waals surface area (Å²) in [4.78, 5) is 0. The number of aromatic nitrogens is 2. The molecule has 1 N–H and O–H groups in total. The Labute approximate surface area is 121 Å². The highest BCUT2D eigenvalue weighted by Crippen LogP contribution is 2.26. The van der Waals surface area contributed by atoms with E-state index >= 15 is 0 Å². The second-order valence-corrected chi connectivity index (χ2v) is 5.35. The minimum atomic E-state index is -0.218. The zero-order valence-corrected chi connectivity index (χ0v) is 12.6. The Balaban J connectivity index is 2.40. The van der Waals surface area contributed by atoms with Crippen LogP contribution in [0.2, 0.25) is 0 Å². The van der Waals surface area contributed by atoms with Gasteiger partial charge in [-0.2, -0.15) is 5.10 Å². The summed E-state index contributed by atoms with van der Waals surface area (Å²) in [5, 5.41) is 7.54. The topological polar surface area (TPSA) is 29.9 Å². The molecule has 0 spiro atoms. The highest BCUT2D eigenvalue weighted by Gasteiger charge is 2.20. The van der Waals surface area contributed by atoms with Gasteiger partial charge in [0.05, 0.1) is 11.7 Å². The van der Waals surface area contributed by atoms with E-state index < -0.39 is 0 Å². The first-order valence-corrected chi connectivity index (χ1v) is 7.09. The molecule has 0 aliphatic heterocycles. The van der Waals surface area contributed by atoms with Crippen LogP contribution in [0.15, 0.2) is 34.9 Å². The summed E-state index contributed by atoms with van der Waals surface area (Å²) in [5.41, 5.74) is 1.59. The summed E-state index contributed by atoms with van der Waals surface area (Å²) in [6.07, 6.45) is 2.72. The lowest BCUT2D eigenvalue weighted by Crippen LogP contribution is -2.26. The van der Waals surface area contributed by atoms with E-state index in [0.717, 1.165) is 23.1 Å². The van der Waals surface area contributed by atoms with E-state index in [9.17, 15) is 4.39 Å². The number of aryl methyl sites for hydroxylation is 1. The number of nitrogens with one attached hydrogen (secondary N) is 1. The molecular weight excluding hydrogens is 309 g/mol.